The molecule has 0 radical (unpaired) electrons. The highest BCUT2D eigenvalue weighted by Gasteiger charge is 2.48. The zero-order valence-electron chi connectivity index (χ0n) is 14.1. The molecule has 0 bridgehead atoms. The number of rotatable bonds is 5. The molecule has 1 aromatic rings. The van der Waals surface area contributed by atoms with Gasteiger partial charge in [0.2, 0.25) is 0 Å². The second-order valence-electron chi connectivity index (χ2n) is 6.05. The lowest BCUT2D eigenvalue weighted by Crippen LogP contribution is -2.46. The number of carbonyl (C=O) groups excluding carboxylic acids is 1. The first kappa shape index (κ1) is 18.8. The van der Waals surface area contributed by atoms with Gasteiger partial charge in [-0.05, 0) is 38.1 Å². The fourth-order valence-corrected chi connectivity index (χ4v) is 3.35. The first-order valence-corrected chi connectivity index (χ1v) is 9.41. The number of benzene rings is 1. The van der Waals surface area contributed by atoms with Gasteiger partial charge in [0.15, 0.2) is 14.6 Å². The van der Waals surface area contributed by atoms with Crippen LogP contribution in [0.4, 0.5) is 10.5 Å². The van der Waals surface area contributed by atoms with Crippen LogP contribution in [0.5, 0.6) is 0 Å². The lowest BCUT2D eigenvalue weighted by Gasteiger charge is -2.24. The number of anilines is 1. The van der Waals surface area contributed by atoms with Crippen molar-refractivity contribution < 1.29 is 27.9 Å². The summed E-state index contributed by atoms with van der Waals surface area (Å²) in [5.41, 5.74) is 1.37. The van der Waals surface area contributed by atoms with Crippen LogP contribution in [-0.2, 0) is 19.4 Å². The van der Waals surface area contributed by atoms with E-state index in [4.69, 9.17) is 4.74 Å². The largest absolute Gasteiger partial charge is 0.480 e. The quantitative estimate of drug-likeness (QED) is 0.797. The van der Waals surface area contributed by atoms with Crippen LogP contribution < -0.4 is 4.90 Å². The smallest absolute Gasteiger partial charge is 0.414 e. The third-order valence-electron chi connectivity index (χ3n) is 4.21. The van der Waals surface area contributed by atoms with Crippen molar-refractivity contribution in [2.24, 2.45) is 0 Å². The van der Waals surface area contributed by atoms with Gasteiger partial charge in [0.1, 0.15) is 6.10 Å². The van der Waals surface area contributed by atoms with Crippen LogP contribution in [0.3, 0.4) is 0 Å². The van der Waals surface area contributed by atoms with E-state index in [0.29, 0.717) is 5.69 Å². The lowest BCUT2D eigenvalue weighted by atomic mass is 10.0. The Labute approximate surface area is 146 Å². The van der Waals surface area contributed by atoms with Gasteiger partial charge in [-0.1, -0.05) is 5.92 Å². The zero-order valence-corrected chi connectivity index (χ0v) is 15.0. The van der Waals surface area contributed by atoms with E-state index in [1.807, 2.05) is 0 Å². The molecule has 1 N–H and O–H groups in total. The highest BCUT2D eigenvalue weighted by molar-refractivity contribution is 7.92. The Morgan fingerprint density at radius 1 is 1.40 bits per heavy atom. The van der Waals surface area contributed by atoms with Crippen LogP contribution in [0.15, 0.2) is 24.3 Å². The van der Waals surface area contributed by atoms with Gasteiger partial charge in [-0.25, -0.2) is 13.2 Å². The molecule has 2 atom stereocenters. The number of amides is 1. The summed E-state index contributed by atoms with van der Waals surface area (Å²) in [7, 11) is -3.89. The van der Waals surface area contributed by atoms with Crippen molar-refractivity contribution in [2.75, 3.05) is 17.7 Å². The van der Waals surface area contributed by atoms with E-state index in [1.165, 1.54) is 4.90 Å². The summed E-state index contributed by atoms with van der Waals surface area (Å²) in [5.74, 6) is 4.19. The molecule has 1 aliphatic heterocycles. The minimum Gasteiger partial charge on any atom is -0.480 e. The molecule has 1 aromatic carbocycles. The van der Waals surface area contributed by atoms with Crippen LogP contribution in [-0.4, -0.2) is 49.2 Å². The summed E-state index contributed by atoms with van der Waals surface area (Å²) >= 11 is 0. The van der Waals surface area contributed by atoms with Crippen LogP contribution in [0.25, 0.3) is 0 Å². The van der Waals surface area contributed by atoms with E-state index in [0.717, 1.165) is 18.7 Å². The van der Waals surface area contributed by atoms with Crippen LogP contribution in [0.2, 0.25) is 0 Å². The molecule has 25 heavy (non-hydrogen) atoms. The Kier molecular flexibility index (Phi) is 5.09. The molecule has 1 unspecified atom stereocenters. The standard InChI is InChI=1S/C17H19NO6S/c1-4-5-12-6-8-13(9-7-12)18-11-14(24-16(18)21)10-17(2,15(19)20)25(3,22)23/h6-9,14H,10-11H2,1-3H3,(H,19,20)/t14-,17?/m0/s1. The Morgan fingerprint density at radius 3 is 2.48 bits per heavy atom. The fourth-order valence-electron chi connectivity index (χ4n) is 2.54. The van der Waals surface area contributed by atoms with Gasteiger partial charge in [-0.2, -0.15) is 0 Å². The molecule has 1 aliphatic rings. The predicted octanol–water partition coefficient (Wildman–Crippen LogP) is 1.66. The van der Waals surface area contributed by atoms with Gasteiger partial charge in [0.25, 0.3) is 0 Å². The molecule has 2 rings (SSSR count). The predicted molar refractivity (Wildman–Crippen MR) is 92.1 cm³/mol. The Balaban J connectivity index is 2.19. The number of hydrogen-bond donors (Lipinski definition) is 1. The summed E-state index contributed by atoms with van der Waals surface area (Å²) in [5, 5.41) is 9.31. The minimum absolute atomic E-state index is 0.0794. The van der Waals surface area contributed by atoms with Crippen LogP contribution >= 0.6 is 0 Å². The number of cyclic esters (lactones) is 1. The van der Waals surface area contributed by atoms with E-state index < -0.39 is 32.8 Å². The van der Waals surface area contributed by atoms with Crippen molar-refractivity contribution in [3.8, 4) is 11.8 Å². The van der Waals surface area contributed by atoms with Crippen molar-refractivity contribution in [1.82, 2.24) is 0 Å². The topological polar surface area (TPSA) is 101 Å². The molecule has 1 saturated heterocycles. The molecular weight excluding hydrogens is 346 g/mol. The number of carbonyl (C=O) groups is 2. The molecule has 1 fully saturated rings. The summed E-state index contributed by atoms with van der Waals surface area (Å²) in [4.78, 5) is 24.9. The minimum atomic E-state index is -3.89. The summed E-state index contributed by atoms with van der Waals surface area (Å²) in [6.07, 6.45) is -0.926. The molecule has 0 saturated carbocycles. The average molecular weight is 365 g/mol. The van der Waals surface area contributed by atoms with Gasteiger partial charge >= 0.3 is 12.1 Å². The maximum absolute atomic E-state index is 12.1. The van der Waals surface area contributed by atoms with Gasteiger partial charge < -0.3 is 9.84 Å². The number of carboxylic acid groups (broad SMARTS) is 1. The maximum Gasteiger partial charge on any atom is 0.414 e. The maximum atomic E-state index is 12.1. The molecular formula is C17H19NO6S. The third-order valence-corrected chi connectivity index (χ3v) is 6.19. The van der Waals surface area contributed by atoms with Crippen molar-refractivity contribution >= 4 is 27.6 Å². The first-order valence-electron chi connectivity index (χ1n) is 7.52. The molecule has 7 nitrogen and oxygen atoms in total. The zero-order chi connectivity index (χ0) is 18.8. The van der Waals surface area contributed by atoms with Gasteiger partial charge in [0.05, 0.1) is 6.54 Å². The highest BCUT2D eigenvalue weighted by atomic mass is 32.2. The van der Waals surface area contributed by atoms with Gasteiger partial charge in [-0.3, -0.25) is 9.69 Å². The molecule has 1 heterocycles. The van der Waals surface area contributed by atoms with E-state index in [2.05, 4.69) is 11.8 Å². The number of sulfone groups is 1. The van der Waals surface area contributed by atoms with Crippen molar-refractivity contribution in [2.45, 2.75) is 31.1 Å². The monoisotopic (exact) mass is 365 g/mol. The molecule has 0 spiro atoms. The number of hydrogen-bond acceptors (Lipinski definition) is 5. The van der Waals surface area contributed by atoms with E-state index in [1.54, 1.807) is 31.2 Å². The normalized spacial score (nSPS) is 19.6. The molecule has 0 aromatic heterocycles. The number of nitrogens with zero attached hydrogens (tertiary/aromatic N) is 1. The van der Waals surface area contributed by atoms with Gasteiger partial charge in [-0.15, -0.1) is 5.92 Å². The third kappa shape index (κ3) is 3.77. The number of carboxylic acids is 1. The van der Waals surface area contributed by atoms with E-state index in [9.17, 15) is 23.1 Å². The fraction of sp³-hybridized carbons (Fsp3) is 0.412. The molecule has 0 aliphatic carbocycles. The second kappa shape index (κ2) is 6.76. The van der Waals surface area contributed by atoms with Crippen molar-refractivity contribution in [3.05, 3.63) is 29.8 Å². The summed E-state index contributed by atoms with van der Waals surface area (Å²) in [6.45, 7) is 2.92. The van der Waals surface area contributed by atoms with Gasteiger partial charge in [0, 0.05) is 23.9 Å². The Morgan fingerprint density at radius 2 is 2.00 bits per heavy atom. The summed E-state index contributed by atoms with van der Waals surface area (Å²) in [6, 6.07) is 6.92. The Hall–Kier alpha value is -2.53. The van der Waals surface area contributed by atoms with Crippen molar-refractivity contribution in [1.29, 1.82) is 0 Å². The number of aliphatic carboxylic acids is 1. The molecule has 134 valence electrons. The molecule has 8 heteroatoms. The average Bonchev–Trinajstić information content (AvgIpc) is 2.87. The second-order valence-corrected chi connectivity index (χ2v) is 8.50. The Bertz CT molecular complexity index is 849. The highest BCUT2D eigenvalue weighted by Crippen LogP contribution is 2.30. The van der Waals surface area contributed by atoms with Crippen LogP contribution in [0, 0.1) is 11.8 Å². The molecule has 1 amide bonds. The lowest BCUT2D eigenvalue weighted by molar-refractivity contribution is -0.140. The van der Waals surface area contributed by atoms with Crippen LogP contribution in [0.1, 0.15) is 25.8 Å². The first-order chi connectivity index (χ1) is 11.6. The summed E-state index contributed by atoms with van der Waals surface area (Å²) < 4.78 is 26.9. The van der Waals surface area contributed by atoms with Crippen molar-refractivity contribution in [3.63, 3.8) is 0 Å². The number of ether oxygens (including phenoxy) is 1. The van der Waals surface area contributed by atoms with E-state index in [-0.39, 0.29) is 13.0 Å². The van der Waals surface area contributed by atoms with E-state index >= 15 is 0 Å². The SMILES string of the molecule is CC#Cc1ccc(N2C[C@H](CC(C)(C(=O)O)S(C)(=O)=O)OC2=O)cc1.